The molecule has 0 spiro atoms. The zero-order valence-electron chi connectivity index (χ0n) is 17.6. The molecule has 1 nitrogen and oxygen atoms in total. The van der Waals surface area contributed by atoms with Gasteiger partial charge in [-0.2, -0.15) is 0 Å². The van der Waals surface area contributed by atoms with Crippen LogP contribution in [0.1, 0.15) is 97.8 Å². The van der Waals surface area contributed by atoms with Crippen molar-refractivity contribution in [3.05, 3.63) is 0 Å². The van der Waals surface area contributed by atoms with E-state index >= 15 is 0 Å². The summed E-state index contributed by atoms with van der Waals surface area (Å²) in [5.74, 6) is 5.42. The van der Waals surface area contributed by atoms with E-state index in [9.17, 15) is 0 Å². The summed E-state index contributed by atoms with van der Waals surface area (Å²) in [6, 6.07) is 0. The Balaban J connectivity index is 1.43. The summed E-state index contributed by atoms with van der Waals surface area (Å²) in [5, 5.41) is 0. The summed E-state index contributed by atoms with van der Waals surface area (Å²) < 4.78 is 6.52. The Morgan fingerprint density at radius 3 is 2.15 bits per heavy atom. The Kier molecular flexibility index (Phi) is 8.37. The third-order valence-electron chi connectivity index (χ3n) is 8.41. The molecule has 3 aliphatic rings. The maximum absolute atomic E-state index is 6.52. The highest BCUT2D eigenvalue weighted by Crippen LogP contribution is 2.44. The average molecular weight is 428 g/mol. The smallest absolute Gasteiger partial charge is 0.0614 e. The van der Waals surface area contributed by atoms with E-state index in [-0.39, 0.29) is 0 Å². The van der Waals surface area contributed by atoms with Gasteiger partial charge in [0.2, 0.25) is 0 Å². The summed E-state index contributed by atoms with van der Waals surface area (Å²) in [4.78, 5) is 0.696. The number of ether oxygens (including phenoxy) is 1. The standard InChI is InChI=1S/C24H43BrO/c1-4-6-18-7-9-20(10-8-18)22-16-26-24(15-23(22)25)21-13-11-19(12-14-21)17(3)5-2/h17-24H,4-16H2,1-3H3. The fourth-order valence-electron chi connectivity index (χ4n) is 6.30. The SMILES string of the molecule is CCCC1CCC(C2COC(C3CCC(C(C)CC)CC3)CC2Br)CC1. The molecule has 26 heavy (non-hydrogen) atoms. The van der Waals surface area contributed by atoms with Crippen molar-refractivity contribution in [2.75, 3.05) is 6.61 Å². The first-order valence-electron chi connectivity index (χ1n) is 11.9. The third kappa shape index (κ3) is 5.28. The van der Waals surface area contributed by atoms with Gasteiger partial charge in [0.1, 0.15) is 0 Å². The molecule has 3 rings (SSSR count). The summed E-state index contributed by atoms with van der Waals surface area (Å²) in [5.41, 5.74) is 0. The van der Waals surface area contributed by atoms with Crippen LogP contribution in [0.15, 0.2) is 0 Å². The highest BCUT2D eigenvalue weighted by molar-refractivity contribution is 9.09. The van der Waals surface area contributed by atoms with Crippen LogP contribution < -0.4 is 0 Å². The molecule has 3 fully saturated rings. The predicted molar refractivity (Wildman–Crippen MR) is 116 cm³/mol. The van der Waals surface area contributed by atoms with Crippen LogP contribution in [0.3, 0.4) is 0 Å². The molecular formula is C24H43BrO. The van der Waals surface area contributed by atoms with Gasteiger partial charge in [-0.15, -0.1) is 0 Å². The molecule has 1 aliphatic heterocycles. The first-order valence-corrected chi connectivity index (χ1v) is 12.8. The summed E-state index contributed by atoms with van der Waals surface area (Å²) in [6.07, 6.45) is 17.5. The molecule has 0 aromatic rings. The zero-order chi connectivity index (χ0) is 18.5. The number of hydrogen-bond donors (Lipinski definition) is 0. The summed E-state index contributed by atoms with van der Waals surface area (Å²) >= 11 is 4.11. The third-order valence-corrected chi connectivity index (χ3v) is 9.46. The first-order chi connectivity index (χ1) is 12.6. The van der Waals surface area contributed by atoms with Gasteiger partial charge in [0.15, 0.2) is 0 Å². The fraction of sp³-hybridized carbons (Fsp3) is 1.00. The van der Waals surface area contributed by atoms with Gasteiger partial charge < -0.3 is 4.74 Å². The molecule has 2 saturated carbocycles. The highest BCUT2D eigenvalue weighted by Gasteiger charge is 2.39. The van der Waals surface area contributed by atoms with Gasteiger partial charge in [-0.3, -0.25) is 0 Å². The van der Waals surface area contributed by atoms with E-state index in [1.165, 1.54) is 77.0 Å². The minimum atomic E-state index is 0.532. The van der Waals surface area contributed by atoms with E-state index in [0.29, 0.717) is 10.9 Å². The molecule has 4 atom stereocenters. The van der Waals surface area contributed by atoms with Crippen molar-refractivity contribution in [2.45, 2.75) is 109 Å². The maximum atomic E-state index is 6.52. The van der Waals surface area contributed by atoms with Gasteiger partial charge in [-0.05, 0) is 80.5 Å². The minimum absolute atomic E-state index is 0.532. The normalized spacial score (nSPS) is 43.2. The Labute approximate surface area is 171 Å². The second-order valence-corrected chi connectivity index (χ2v) is 11.1. The molecule has 0 aromatic carbocycles. The van der Waals surface area contributed by atoms with Crippen molar-refractivity contribution in [3.8, 4) is 0 Å². The van der Waals surface area contributed by atoms with Crippen molar-refractivity contribution in [1.29, 1.82) is 0 Å². The highest BCUT2D eigenvalue weighted by atomic mass is 79.9. The summed E-state index contributed by atoms with van der Waals surface area (Å²) in [7, 11) is 0. The molecule has 4 unspecified atom stereocenters. The van der Waals surface area contributed by atoms with E-state index in [2.05, 4.69) is 36.7 Å². The van der Waals surface area contributed by atoms with E-state index in [1.54, 1.807) is 0 Å². The molecule has 0 N–H and O–H groups in total. The molecule has 1 saturated heterocycles. The van der Waals surface area contributed by atoms with Gasteiger partial charge in [-0.1, -0.05) is 68.8 Å². The molecule has 0 amide bonds. The van der Waals surface area contributed by atoms with Crippen LogP contribution in [0.5, 0.6) is 0 Å². The lowest BCUT2D eigenvalue weighted by atomic mass is 9.70. The molecule has 2 heteroatoms. The van der Waals surface area contributed by atoms with Crippen molar-refractivity contribution >= 4 is 15.9 Å². The van der Waals surface area contributed by atoms with E-state index < -0.39 is 0 Å². The van der Waals surface area contributed by atoms with Crippen LogP contribution >= 0.6 is 15.9 Å². The minimum Gasteiger partial charge on any atom is -0.378 e. The van der Waals surface area contributed by atoms with Gasteiger partial charge in [-0.25, -0.2) is 0 Å². The lowest BCUT2D eigenvalue weighted by Crippen LogP contribution is -2.43. The zero-order valence-corrected chi connectivity index (χ0v) is 19.2. The number of alkyl halides is 1. The second kappa shape index (κ2) is 10.3. The van der Waals surface area contributed by atoms with E-state index in [0.717, 1.165) is 42.1 Å². The predicted octanol–water partition coefficient (Wildman–Crippen LogP) is 7.61. The maximum Gasteiger partial charge on any atom is 0.0614 e. The van der Waals surface area contributed by atoms with Crippen molar-refractivity contribution in [2.24, 2.45) is 35.5 Å². The Morgan fingerprint density at radius 1 is 0.923 bits per heavy atom. The van der Waals surface area contributed by atoms with Crippen LogP contribution in [-0.2, 0) is 4.74 Å². The monoisotopic (exact) mass is 426 g/mol. The number of halogens is 1. The van der Waals surface area contributed by atoms with Crippen LogP contribution in [0, 0.1) is 35.5 Å². The molecule has 2 aliphatic carbocycles. The lowest BCUT2D eigenvalue weighted by Gasteiger charge is -2.44. The molecule has 0 aromatic heterocycles. The molecule has 1 heterocycles. The Bertz CT molecular complexity index is 395. The average Bonchev–Trinajstić information content (AvgIpc) is 2.68. The van der Waals surface area contributed by atoms with Crippen molar-refractivity contribution < 1.29 is 4.74 Å². The van der Waals surface area contributed by atoms with Crippen molar-refractivity contribution in [1.82, 2.24) is 0 Å². The number of hydrogen-bond acceptors (Lipinski definition) is 1. The Morgan fingerprint density at radius 2 is 1.58 bits per heavy atom. The van der Waals surface area contributed by atoms with Crippen molar-refractivity contribution in [3.63, 3.8) is 0 Å². The van der Waals surface area contributed by atoms with E-state index in [1.807, 2.05) is 0 Å². The van der Waals surface area contributed by atoms with Crippen LogP contribution in [0.25, 0.3) is 0 Å². The van der Waals surface area contributed by atoms with Gasteiger partial charge >= 0.3 is 0 Å². The van der Waals surface area contributed by atoms with Crippen LogP contribution in [-0.4, -0.2) is 17.5 Å². The number of rotatable bonds is 6. The summed E-state index contributed by atoms with van der Waals surface area (Å²) in [6.45, 7) is 8.17. The lowest BCUT2D eigenvalue weighted by molar-refractivity contribution is -0.0708. The molecule has 152 valence electrons. The largest absolute Gasteiger partial charge is 0.378 e. The van der Waals surface area contributed by atoms with Gasteiger partial charge in [0, 0.05) is 4.83 Å². The molecule has 0 bridgehead atoms. The van der Waals surface area contributed by atoms with Crippen LogP contribution in [0.2, 0.25) is 0 Å². The molecule has 0 radical (unpaired) electrons. The topological polar surface area (TPSA) is 9.23 Å². The van der Waals surface area contributed by atoms with Gasteiger partial charge in [0.25, 0.3) is 0 Å². The first kappa shape index (κ1) is 21.2. The Hall–Kier alpha value is 0.440. The quantitative estimate of drug-likeness (QED) is 0.396. The van der Waals surface area contributed by atoms with E-state index in [4.69, 9.17) is 4.74 Å². The molecular weight excluding hydrogens is 384 g/mol. The second-order valence-electron chi connectivity index (χ2n) is 9.92. The van der Waals surface area contributed by atoms with Crippen LogP contribution in [0.4, 0.5) is 0 Å². The fourth-order valence-corrected chi connectivity index (χ4v) is 7.25. The van der Waals surface area contributed by atoms with Gasteiger partial charge in [0.05, 0.1) is 12.7 Å².